The Hall–Kier alpha value is -2.13. The molecule has 20 heavy (non-hydrogen) atoms. The first-order valence-corrected chi connectivity index (χ1v) is 6.78. The molecule has 0 aliphatic carbocycles. The predicted molar refractivity (Wildman–Crippen MR) is 84.3 cm³/mol. The van der Waals surface area contributed by atoms with E-state index in [4.69, 9.17) is 11.6 Å². The molecular weight excluding hydrogens is 270 g/mol. The number of anilines is 1. The van der Waals surface area contributed by atoms with Gasteiger partial charge in [0.15, 0.2) is 5.82 Å². The molecule has 0 spiro atoms. The van der Waals surface area contributed by atoms with Crippen LogP contribution in [0, 0.1) is 6.92 Å². The molecule has 0 unspecified atom stereocenters. The van der Waals surface area contributed by atoms with Gasteiger partial charge in [-0.15, -0.1) is 0 Å². The van der Waals surface area contributed by atoms with Crippen molar-refractivity contribution in [2.75, 3.05) is 12.4 Å². The minimum atomic E-state index is 0.637. The van der Waals surface area contributed by atoms with Gasteiger partial charge in [-0.05, 0) is 30.7 Å². The standard InChI is InChI=1S/C16H14ClN3/c1-10-6-5-9-13-14(10)16(18-2)20-15(19-13)11-7-3-4-8-12(11)17/h3-9H,1-2H3,(H,18,19,20). The molecule has 2 aromatic carbocycles. The van der Waals surface area contributed by atoms with Crippen molar-refractivity contribution in [1.29, 1.82) is 0 Å². The minimum absolute atomic E-state index is 0.637. The minimum Gasteiger partial charge on any atom is -0.373 e. The van der Waals surface area contributed by atoms with E-state index in [1.54, 1.807) is 0 Å². The van der Waals surface area contributed by atoms with E-state index in [0.29, 0.717) is 10.8 Å². The van der Waals surface area contributed by atoms with Gasteiger partial charge in [-0.3, -0.25) is 0 Å². The fourth-order valence-electron chi connectivity index (χ4n) is 2.30. The smallest absolute Gasteiger partial charge is 0.163 e. The highest BCUT2D eigenvalue weighted by Gasteiger charge is 2.11. The van der Waals surface area contributed by atoms with E-state index in [2.05, 4.69) is 28.3 Å². The number of halogens is 1. The maximum absolute atomic E-state index is 6.24. The topological polar surface area (TPSA) is 37.8 Å². The summed E-state index contributed by atoms with van der Waals surface area (Å²) in [5.41, 5.74) is 2.91. The highest BCUT2D eigenvalue weighted by Crippen LogP contribution is 2.30. The van der Waals surface area contributed by atoms with E-state index in [1.165, 1.54) is 0 Å². The summed E-state index contributed by atoms with van der Waals surface area (Å²) < 4.78 is 0. The van der Waals surface area contributed by atoms with Gasteiger partial charge < -0.3 is 5.32 Å². The summed E-state index contributed by atoms with van der Waals surface area (Å²) >= 11 is 6.24. The number of fused-ring (bicyclic) bond motifs is 1. The molecule has 0 radical (unpaired) electrons. The fraction of sp³-hybridized carbons (Fsp3) is 0.125. The van der Waals surface area contributed by atoms with E-state index in [9.17, 15) is 0 Å². The van der Waals surface area contributed by atoms with Crippen LogP contribution in [0.4, 0.5) is 5.82 Å². The molecular formula is C16H14ClN3. The van der Waals surface area contributed by atoms with Crippen LogP contribution in [0.5, 0.6) is 0 Å². The largest absolute Gasteiger partial charge is 0.373 e. The molecule has 0 aliphatic rings. The lowest BCUT2D eigenvalue weighted by molar-refractivity contribution is 1.21. The lowest BCUT2D eigenvalue weighted by Gasteiger charge is -2.10. The van der Waals surface area contributed by atoms with E-state index in [0.717, 1.165) is 27.8 Å². The monoisotopic (exact) mass is 283 g/mol. The van der Waals surface area contributed by atoms with Crippen molar-refractivity contribution in [3.63, 3.8) is 0 Å². The molecule has 1 N–H and O–H groups in total. The Morgan fingerprint density at radius 3 is 2.55 bits per heavy atom. The molecule has 1 heterocycles. The molecule has 100 valence electrons. The number of aromatic nitrogens is 2. The normalized spacial score (nSPS) is 10.8. The van der Waals surface area contributed by atoms with Crippen molar-refractivity contribution < 1.29 is 0 Å². The van der Waals surface area contributed by atoms with Gasteiger partial charge in [-0.25, -0.2) is 9.97 Å². The number of hydrogen-bond donors (Lipinski definition) is 1. The maximum atomic E-state index is 6.24. The molecule has 3 rings (SSSR count). The van der Waals surface area contributed by atoms with Gasteiger partial charge in [0.1, 0.15) is 5.82 Å². The number of rotatable bonds is 2. The van der Waals surface area contributed by atoms with Crippen LogP contribution in [0.3, 0.4) is 0 Å². The van der Waals surface area contributed by atoms with E-state index in [-0.39, 0.29) is 0 Å². The first-order valence-electron chi connectivity index (χ1n) is 6.40. The lowest BCUT2D eigenvalue weighted by atomic mass is 10.1. The van der Waals surface area contributed by atoms with Crippen LogP contribution < -0.4 is 5.32 Å². The Bertz CT molecular complexity index is 784. The Balaban J connectivity index is 2.32. The summed E-state index contributed by atoms with van der Waals surface area (Å²) in [4.78, 5) is 9.24. The summed E-state index contributed by atoms with van der Waals surface area (Å²) in [6.07, 6.45) is 0. The molecule has 0 fully saturated rings. The molecule has 0 amide bonds. The van der Waals surface area contributed by atoms with E-state index < -0.39 is 0 Å². The van der Waals surface area contributed by atoms with Gasteiger partial charge in [0.05, 0.1) is 10.5 Å². The zero-order valence-corrected chi connectivity index (χ0v) is 12.1. The molecule has 3 aromatic rings. The van der Waals surface area contributed by atoms with Gasteiger partial charge in [0.2, 0.25) is 0 Å². The molecule has 4 heteroatoms. The maximum Gasteiger partial charge on any atom is 0.163 e. The van der Waals surface area contributed by atoms with Crippen LogP contribution in [0.25, 0.3) is 22.3 Å². The van der Waals surface area contributed by atoms with Crippen LogP contribution in [0.15, 0.2) is 42.5 Å². The van der Waals surface area contributed by atoms with Gasteiger partial charge in [-0.1, -0.05) is 35.9 Å². The number of benzene rings is 2. The number of aryl methyl sites for hydroxylation is 1. The summed E-state index contributed by atoms with van der Waals surface area (Å²) in [5.74, 6) is 1.46. The first-order chi connectivity index (χ1) is 9.70. The van der Waals surface area contributed by atoms with Gasteiger partial charge in [0.25, 0.3) is 0 Å². The molecule has 0 saturated heterocycles. The van der Waals surface area contributed by atoms with Crippen LogP contribution in [0.2, 0.25) is 5.02 Å². The third-order valence-corrected chi connectivity index (χ3v) is 3.61. The molecule has 1 aromatic heterocycles. The highest BCUT2D eigenvalue weighted by atomic mass is 35.5. The van der Waals surface area contributed by atoms with Crippen molar-refractivity contribution in [2.45, 2.75) is 6.92 Å². The number of nitrogens with zero attached hydrogens (tertiary/aromatic N) is 2. The second-order valence-electron chi connectivity index (χ2n) is 4.59. The second kappa shape index (κ2) is 5.10. The third-order valence-electron chi connectivity index (χ3n) is 3.28. The Labute approximate surface area is 122 Å². The summed E-state index contributed by atoms with van der Waals surface area (Å²) in [5, 5.41) is 4.85. The zero-order valence-electron chi connectivity index (χ0n) is 11.3. The molecule has 0 bridgehead atoms. The average Bonchev–Trinajstić information content (AvgIpc) is 2.47. The number of hydrogen-bond acceptors (Lipinski definition) is 3. The Morgan fingerprint density at radius 2 is 1.80 bits per heavy atom. The van der Waals surface area contributed by atoms with Crippen LogP contribution in [-0.2, 0) is 0 Å². The quantitative estimate of drug-likeness (QED) is 0.762. The van der Waals surface area contributed by atoms with Gasteiger partial charge >= 0.3 is 0 Å². The average molecular weight is 284 g/mol. The van der Waals surface area contributed by atoms with Crippen molar-refractivity contribution in [1.82, 2.24) is 9.97 Å². The third kappa shape index (κ3) is 2.10. The van der Waals surface area contributed by atoms with Crippen LogP contribution in [0.1, 0.15) is 5.56 Å². The van der Waals surface area contributed by atoms with E-state index >= 15 is 0 Å². The first kappa shape index (κ1) is 12.9. The van der Waals surface area contributed by atoms with Gasteiger partial charge in [0, 0.05) is 18.0 Å². The molecule has 0 saturated carbocycles. The number of nitrogens with one attached hydrogen (secondary N) is 1. The zero-order chi connectivity index (χ0) is 14.1. The van der Waals surface area contributed by atoms with Gasteiger partial charge in [-0.2, -0.15) is 0 Å². The van der Waals surface area contributed by atoms with Crippen molar-refractivity contribution in [3.8, 4) is 11.4 Å². The van der Waals surface area contributed by atoms with Crippen molar-refractivity contribution in [2.24, 2.45) is 0 Å². The predicted octanol–water partition coefficient (Wildman–Crippen LogP) is 4.30. The van der Waals surface area contributed by atoms with Crippen molar-refractivity contribution in [3.05, 3.63) is 53.1 Å². The van der Waals surface area contributed by atoms with Crippen LogP contribution in [-0.4, -0.2) is 17.0 Å². The molecule has 3 nitrogen and oxygen atoms in total. The second-order valence-corrected chi connectivity index (χ2v) is 5.00. The fourth-order valence-corrected chi connectivity index (χ4v) is 2.52. The summed E-state index contributed by atoms with van der Waals surface area (Å²) in [6.45, 7) is 2.06. The van der Waals surface area contributed by atoms with E-state index in [1.807, 2.05) is 43.4 Å². The Kier molecular flexibility index (Phi) is 3.28. The van der Waals surface area contributed by atoms with Crippen LogP contribution >= 0.6 is 11.6 Å². The molecule has 0 atom stereocenters. The summed E-state index contributed by atoms with van der Waals surface area (Å²) in [6, 6.07) is 13.7. The van der Waals surface area contributed by atoms with Crippen molar-refractivity contribution >= 4 is 28.3 Å². The Morgan fingerprint density at radius 1 is 1.00 bits per heavy atom. The lowest BCUT2D eigenvalue weighted by Crippen LogP contribution is -2.00. The SMILES string of the molecule is CNc1nc(-c2ccccc2Cl)nc2cccc(C)c12. The highest BCUT2D eigenvalue weighted by molar-refractivity contribution is 6.33. The summed E-state index contributed by atoms with van der Waals surface area (Å²) in [7, 11) is 1.87. The molecule has 0 aliphatic heterocycles.